The highest BCUT2D eigenvalue weighted by Gasteiger charge is 2.62. The molecule has 0 amide bonds. The highest BCUT2D eigenvalue weighted by molar-refractivity contribution is 8.17. The number of hydrogen-bond acceptors (Lipinski definition) is 5. The lowest BCUT2D eigenvalue weighted by Crippen LogP contribution is -2.63. The predicted octanol–water partition coefficient (Wildman–Crippen LogP) is 8.95. The quantitative estimate of drug-likeness (QED) is 0.213. The van der Waals surface area contributed by atoms with Crippen molar-refractivity contribution in [2.75, 3.05) is 13.2 Å². The highest BCUT2D eigenvalue weighted by Crippen LogP contribution is 2.57. The molecule has 0 saturated carbocycles. The Kier molecular flexibility index (Phi) is 10.4. The standard InChI is InChI=1S/C28H48O3S2Si/c1-8-9-10-11-12-13-18-29-23-16-14-22(15-17-23)21-32-26-19-24-25(33-26)20-30-34(31-24,27(2,3)4)28(5,6)7/h14-17,24-26H,8-13,18-21H2,1-7H3/t24-,25+,26?/m0/s1. The molecule has 3 rings (SSSR count). The topological polar surface area (TPSA) is 27.7 Å². The summed E-state index contributed by atoms with van der Waals surface area (Å²) in [6.45, 7) is 17.8. The van der Waals surface area contributed by atoms with Gasteiger partial charge in [0.15, 0.2) is 0 Å². The van der Waals surface area contributed by atoms with Gasteiger partial charge < -0.3 is 13.6 Å². The van der Waals surface area contributed by atoms with Gasteiger partial charge in [0.2, 0.25) is 0 Å². The van der Waals surface area contributed by atoms with E-state index in [4.69, 9.17) is 13.6 Å². The van der Waals surface area contributed by atoms with E-state index in [2.05, 4.69) is 96.3 Å². The van der Waals surface area contributed by atoms with Crippen LogP contribution in [0.5, 0.6) is 5.75 Å². The number of ether oxygens (including phenoxy) is 1. The summed E-state index contributed by atoms with van der Waals surface area (Å²) in [5.41, 5.74) is 1.37. The first kappa shape index (κ1) is 28.4. The van der Waals surface area contributed by atoms with Crippen molar-refractivity contribution in [3.05, 3.63) is 29.8 Å². The molecule has 6 heteroatoms. The van der Waals surface area contributed by atoms with Gasteiger partial charge in [-0.05, 0) is 30.5 Å². The van der Waals surface area contributed by atoms with Crippen molar-refractivity contribution in [2.24, 2.45) is 0 Å². The summed E-state index contributed by atoms with van der Waals surface area (Å²) in [6, 6.07) is 8.73. The molecule has 2 aliphatic heterocycles. The number of fused-ring (bicyclic) bond motifs is 1. The zero-order chi connectivity index (χ0) is 24.8. The van der Waals surface area contributed by atoms with Gasteiger partial charge in [0, 0.05) is 15.8 Å². The third-order valence-corrected chi connectivity index (χ3v) is 15.3. The second-order valence-corrected chi connectivity index (χ2v) is 19.7. The molecule has 0 aliphatic carbocycles. The summed E-state index contributed by atoms with van der Waals surface area (Å²) >= 11 is 4.13. The van der Waals surface area contributed by atoms with Crippen LogP contribution in [0.25, 0.3) is 0 Å². The third kappa shape index (κ3) is 7.21. The van der Waals surface area contributed by atoms with E-state index in [1.807, 2.05) is 0 Å². The molecule has 1 aromatic rings. The molecule has 1 aromatic carbocycles. The van der Waals surface area contributed by atoms with Crippen LogP contribution in [-0.2, 0) is 14.6 Å². The van der Waals surface area contributed by atoms with Crippen molar-refractivity contribution in [2.45, 2.75) is 125 Å². The summed E-state index contributed by atoms with van der Waals surface area (Å²) in [5.74, 6) is 2.04. The average molecular weight is 525 g/mol. The Bertz CT molecular complexity index is 728. The van der Waals surface area contributed by atoms with Crippen LogP contribution < -0.4 is 4.74 Å². The van der Waals surface area contributed by atoms with E-state index >= 15 is 0 Å². The maximum absolute atomic E-state index is 6.96. The van der Waals surface area contributed by atoms with E-state index in [0.29, 0.717) is 15.9 Å². The Balaban J connectivity index is 1.42. The van der Waals surface area contributed by atoms with Crippen LogP contribution in [-0.4, -0.2) is 37.7 Å². The van der Waals surface area contributed by atoms with E-state index < -0.39 is 8.56 Å². The first-order valence-electron chi connectivity index (χ1n) is 13.4. The van der Waals surface area contributed by atoms with E-state index in [1.165, 1.54) is 37.7 Å². The van der Waals surface area contributed by atoms with Crippen molar-refractivity contribution in [3.63, 3.8) is 0 Å². The second kappa shape index (κ2) is 12.4. The summed E-state index contributed by atoms with van der Waals surface area (Å²) < 4.78 is 20.2. The number of rotatable bonds is 11. The molecule has 0 aromatic heterocycles. The highest BCUT2D eigenvalue weighted by atomic mass is 32.2. The van der Waals surface area contributed by atoms with Crippen molar-refractivity contribution >= 4 is 32.1 Å². The lowest BCUT2D eigenvalue weighted by Gasteiger charge is -2.53. The molecule has 0 N–H and O–H groups in total. The monoisotopic (exact) mass is 524 g/mol. The Morgan fingerprint density at radius 2 is 1.62 bits per heavy atom. The Morgan fingerprint density at radius 1 is 0.971 bits per heavy atom. The summed E-state index contributed by atoms with van der Waals surface area (Å²) in [5, 5.41) is 0.594. The number of thioether (sulfide) groups is 2. The zero-order valence-electron chi connectivity index (χ0n) is 22.7. The van der Waals surface area contributed by atoms with E-state index in [9.17, 15) is 0 Å². The van der Waals surface area contributed by atoms with Crippen LogP contribution in [0, 0.1) is 0 Å². The van der Waals surface area contributed by atoms with E-state index in [-0.39, 0.29) is 10.1 Å². The fourth-order valence-corrected chi connectivity index (χ4v) is 13.6. The van der Waals surface area contributed by atoms with Crippen LogP contribution in [0.2, 0.25) is 10.1 Å². The van der Waals surface area contributed by atoms with Gasteiger partial charge in [-0.1, -0.05) is 92.7 Å². The number of hydrogen-bond donors (Lipinski definition) is 0. The molecule has 1 unspecified atom stereocenters. The first-order valence-corrected chi connectivity index (χ1v) is 17.2. The molecule has 2 saturated heterocycles. The Hall–Kier alpha value is -0.143. The normalized spacial score (nSPS) is 24.7. The minimum absolute atomic E-state index is 0.0605. The van der Waals surface area contributed by atoms with Crippen molar-refractivity contribution in [3.8, 4) is 5.75 Å². The average Bonchev–Trinajstić information content (AvgIpc) is 3.18. The molecule has 34 heavy (non-hydrogen) atoms. The Labute approximate surface area is 219 Å². The van der Waals surface area contributed by atoms with Crippen LogP contribution in [0.4, 0.5) is 0 Å². The van der Waals surface area contributed by atoms with Crippen LogP contribution in [0.15, 0.2) is 24.3 Å². The number of unbranched alkanes of at least 4 members (excludes halogenated alkanes) is 5. The molecule has 2 aliphatic rings. The van der Waals surface area contributed by atoms with Gasteiger partial charge in [-0.2, -0.15) is 0 Å². The maximum atomic E-state index is 6.96. The van der Waals surface area contributed by atoms with Crippen LogP contribution in [0.1, 0.15) is 99.0 Å². The largest absolute Gasteiger partial charge is 0.494 e. The van der Waals surface area contributed by atoms with Crippen LogP contribution >= 0.6 is 23.5 Å². The van der Waals surface area contributed by atoms with Gasteiger partial charge in [0.1, 0.15) is 5.75 Å². The van der Waals surface area contributed by atoms with Gasteiger partial charge in [-0.15, -0.1) is 23.5 Å². The molecule has 2 heterocycles. The summed E-state index contributed by atoms with van der Waals surface area (Å²) in [7, 11) is -2.35. The van der Waals surface area contributed by atoms with Gasteiger partial charge in [-0.3, -0.25) is 0 Å². The smallest absolute Gasteiger partial charge is 0.349 e. The molecule has 3 nitrogen and oxygen atoms in total. The van der Waals surface area contributed by atoms with E-state index in [1.54, 1.807) is 0 Å². The van der Waals surface area contributed by atoms with Gasteiger partial charge in [-0.25, -0.2) is 0 Å². The Morgan fingerprint density at radius 3 is 2.26 bits per heavy atom. The molecule has 2 fully saturated rings. The third-order valence-electron chi connectivity index (χ3n) is 7.03. The number of benzene rings is 1. The SMILES string of the molecule is CCCCCCCCOc1ccc(CSC2C[C@@H]3O[Si](C(C)(C)C)(C(C)(C)C)OC[C@H]3S2)cc1. The lowest BCUT2D eigenvalue weighted by molar-refractivity contribution is 0.0288. The second-order valence-electron chi connectivity index (χ2n) is 12.0. The zero-order valence-corrected chi connectivity index (χ0v) is 25.3. The lowest BCUT2D eigenvalue weighted by atomic mass is 10.1. The first-order chi connectivity index (χ1) is 16.1. The molecule has 0 spiro atoms. The van der Waals surface area contributed by atoms with Gasteiger partial charge in [0.05, 0.1) is 29.1 Å². The van der Waals surface area contributed by atoms with Gasteiger partial charge in [0.25, 0.3) is 0 Å². The molecule has 0 bridgehead atoms. The summed E-state index contributed by atoms with van der Waals surface area (Å²) in [6.07, 6.45) is 9.25. The van der Waals surface area contributed by atoms with Crippen molar-refractivity contribution < 1.29 is 13.6 Å². The molecular formula is C28H48O3S2Si. The fraction of sp³-hybridized carbons (Fsp3) is 0.786. The van der Waals surface area contributed by atoms with Crippen molar-refractivity contribution in [1.29, 1.82) is 0 Å². The molecule has 3 atom stereocenters. The molecule has 194 valence electrons. The molecular weight excluding hydrogens is 477 g/mol. The maximum Gasteiger partial charge on any atom is 0.349 e. The van der Waals surface area contributed by atoms with Crippen LogP contribution in [0.3, 0.4) is 0 Å². The van der Waals surface area contributed by atoms with E-state index in [0.717, 1.165) is 37.6 Å². The van der Waals surface area contributed by atoms with Crippen molar-refractivity contribution in [1.82, 2.24) is 0 Å². The van der Waals surface area contributed by atoms with Gasteiger partial charge >= 0.3 is 8.56 Å². The fourth-order valence-electron chi connectivity index (χ4n) is 5.36. The predicted molar refractivity (Wildman–Crippen MR) is 152 cm³/mol. The summed E-state index contributed by atoms with van der Waals surface area (Å²) in [4.78, 5) is 0. The minimum atomic E-state index is -2.35. The molecule has 0 radical (unpaired) electrons. The minimum Gasteiger partial charge on any atom is -0.494 e.